The highest BCUT2D eigenvalue weighted by atomic mass is 32.1. The number of hydrogen-bond acceptors (Lipinski definition) is 7. The van der Waals surface area contributed by atoms with Crippen LogP contribution in [0.25, 0.3) is 22.5 Å². The molecule has 2 N–H and O–H groups in total. The summed E-state index contributed by atoms with van der Waals surface area (Å²) >= 11 is 1.27. The minimum Gasteiger partial charge on any atom is -0.477 e. The summed E-state index contributed by atoms with van der Waals surface area (Å²) in [5.74, 6) is -0.340. The van der Waals surface area contributed by atoms with E-state index >= 15 is 0 Å². The molecule has 0 spiro atoms. The molecule has 0 amide bonds. The molecule has 4 rings (SSSR count). The van der Waals surface area contributed by atoms with Gasteiger partial charge in [-0.25, -0.2) is 9.78 Å². The fourth-order valence-electron chi connectivity index (χ4n) is 3.78. The van der Waals surface area contributed by atoms with Crippen molar-refractivity contribution in [3.05, 3.63) is 64.7 Å². The van der Waals surface area contributed by atoms with Crippen LogP contribution in [0.2, 0.25) is 0 Å². The van der Waals surface area contributed by atoms with E-state index in [-0.39, 0.29) is 0 Å². The maximum atomic E-state index is 11.7. The number of rotatable bonds is 10. The number of H-pyrrole nitrogens is 1. The third-order valence-corrected chi connectivity index (χ3v) is 6.43. The van der Waals surface area contributed by atoms with Crippen LogP contribution in [0, 0.1) is 0 Å². The first-order chi connectivity index (χ1) is 16.1. The number of benzene rings is 2. The highest BCUT2D eigenvalue weighted by Gasteiger charge is 2.20. The molecule has 4 aromatic rings. The number of aryl methyl sites for hydroxylation is 1. The number of thiazole rings is 1. The predicted octanol–water partition coefficient (Wildman–Crippen LogP) is 5.06. The van der Waals surface area contributed by atoms with Crippen LogP contribution in [0.1, 0.15) is 47.6 Å². The number of tetrazole rings is 1. The van der Waals surface area contributed by atoms with Crippen LogP contribution in [0.3, 0.4) is 0 Å². The Morgan fingerprint density at radius 3 is 2.45 bits per heavy atom. The zero-order valence-corrected chi connectivity index (χ0v) is 19.5. The van der Waals surface area contributed by atoms with Gasteiger partial charge in [-0.2, -0.15) is 5.21 Å². The first kappa shape index (κ1) is 22.6. The molecule has 33 heavy (non-hydrogen) atoms. The molecule has 0 aliphatic carbocycles. The van der Waals surface area contributed by atoms with Gasteiger partial charge in [0.25, 0.3) is 0 Å². The fourth-order valence-corrected chi connectivity index (χ4v) is 4.75. The molecule has 170 valence electrons. The van der Waals surface area contributed by atoms with Gasteiger partial charge in [0.15, 0.2) is 5.13 Å². The van der Waals surface area contributed by atoms with Gasteiger partial charge in [0.1, 0.15) is 4.88 Å². The summed E-state index contributed by atoms with van der Waals surface area (Å²) in [6.07, 6.45) is 2.48. The van der Waals surface area contributed by atoms with E-state index in [4.69, 9.17) is 0 Å². The van der Waals surface area contributed by atoms with E-state index in [0.29, 0.717) is 29.4 Å². The van der Waals surface area contributed by atoms with Crippen LogP contribution in [0.4, 0.5) is 5.13 Å². The molecule has 0 unspecified atom stereocenters. The number of hydrogen-bond donors (Lipinski definition) is 2. The number of anilines is 1. The minimum atomic E-state index is -0.900. The molecule has 0 radical (unpaired) electrons. The smallest absolute Gasteiger partial charge is 0.347 e. The SMILES string of the molecule is CCCc1nc(N(CCC)Cc2ccc(-c3ccccc3-c3nn[nH]n3)cc2)sc1C(=O)O. The van der Waals surface area contributed by atoms with Crippen molar-refractivity contribution in [2.75, 3.05) is 11.4 Å². The number of aromatic carboxylic acids is 1. The van der Waals surface area contributed by atoms with Gasteiger partial charge in [-0.15, -0.1) is 10.2 Å². The molecule has 9 heteroatoms. The molecule has 2 aromatic carbocycles. The van der Waals surface area contributed by atoms with Gasteiger partial charge in [-0.3, -0.25) is 0 Å². The lowest BCUT2D eigenvalue weighted by atomic mass is 9.98. The highest BCUT2D eigenvalue weighted by Crippen LogP contribution is 2.31. The van der Waals surface area contributed by atoms with Gasteiger partial charge in [0.05, 0.1) is 5.69 Å². The second-order valence-electron chi connectivity index (χ2n) is 7.73. The van der Waals surface area contributed by atoms with Crippen molar-refractivity contribution in [2.45, 2.75) is 39.7 Å². The van der Waals surface area contributed by atoms with Gasteiger partial charge in [0, 0.05) is 18.7 Å². The van der Waals surface area contributed by atoms with Crippen LogP contribution >= 0.6 is 11.3 Å². The van der Waals surface area contributed by atoms with Gasteiger partial charge in [-0.1, -0.05) is 80.1 Å². The van der Waals surface area contributed by atoms with Crippen molar-refractivity contribution in [1.29, 1.82) is 0 Å². The largest absolute Gasteiger partial charge is 0.477 e. The molecule has 2 heterocycles. The summed E-state index contributed by atoms with van der Waals surface area (Å²) in [7, 11) is 0. The number of nitrogens with one attached hydrogen (secondary N) is 1. The Balaban J connectivity index is 1.58. The van der Waals surface area contributed by atoms with E-state index in [1.165, 1.54) is 11.3 Å². The van der Waals surface area contributed by atoms with Crippen LogP contribution in [-0.2, 0) is 13.0 Å². The Kier molecular flexibility index (Phi) is 7.09. The van der Waals surface area contributed by atoms with E-state index in [1.54, 1.807) is 0 Å². The molecule has 0 atom stereocenters. The third-order valence-electron chi connectivity index (χ3n) is 5.28. The number of carboxylic acid groups (broad SMARTS) is 1. The van der Waals surface area contributed by atoms with Crippen molar-refractivity contribution in [2.24, 2.45) is 0 Å². The standard InChI is InChI=1S/C24H26N6O2S/c1-3-7-20-21(23(31)32)33-24(25-20)30(14-4-2)15-16-10-12-17(13-11-16)18-8-5-6-9-19(18)22-26-28-29-27-22/h5-6,8-13H,3-4,7,14-15H2,1-2H3,(H,31,32)(H,26,27,28,29). The summed E-state index contributed by atoms with van der Waals surface area (Å²) in [5, 5.41) is 24.8. The molecule has 0 aliphatic rings. The molecular weight excluding hydrogens is 436 g/mol. The van der Waals surface area contributed by atoms with E-state index in [9.17, 15) is 9.90 Å². The molecule has 0 bridgehead atoms. The first-order valence-corrected chi connectivity index (χ1v) is 11.8. The summed E-state index contributed by atoms with van der Waals surface area (Å²) < 4.78 is 0. The van der Waals surface area contributed by atoms with Crippen LogP contribution < -0.4 is 4.90 Å². The van der Waals surface area contributed by atoms with E-state index in [0.717, 1.165) is 46.8 Å². The summed E-state index contributed by atoms with van der Waals surface area (Å²) in [6, 6.07) is 16.4. The minimum absolute atomic E-state index is 0.348. The monoisotopic (exact) mass is 462 g/mol. The lowest BCUT2D eigenvalue weighted by Crippen LogP contribution is -2.23. The fraction of sp³-hybridized carbons (Fsp3) is 0.292. The lowest BCUT2D eigenvalue weighted by Gasteiger charge is -2.21. The van der Waals surface area contributed by atoms with Gasteiger partial charge in [0.2, 0.25) is 5.82 Å². The van der Waals surface area contributed by atoms with Crippen molar-refractivity contribution in [1.82, 2.24) is 25.6 Å². The van der Waals surface area contributed by atoms with Gasteiger partial charge in [-0.05, 0) is 34.7 Å². The van der Waals surface area contributed by atoms with E-state index in [2.05, 4.69) is 61.7 Å². The van der Waals surface area contributed by atoms with Crippen LogP contribution in [0.15, 0.2) is 48.5 Å². The average molecular weight is 463 g/mol. The Hall–Kier alpha value is -3.59. The normalized spacial score (nSPS) is 11.0. The molecular formula is C24H26N6O2S. The van der Waals surface area contributed by atoms with Crippen molar-refractivity contribution < 1.29 is 9.90 Å². The highest BCUT2D eigenvalue weighted by molar-refractivity contribution is 7.17. The quantitative estimate of drug-likeness (QED) is 0.339. The molecule has 0 aliphatic heterocycles. The van der Waals surface area contributed by atoms with Crippen molar-refractivity contribution in [3.8, 4) is 22.5 Å². The zero-order valence-electron chi connectivity index (χ0n) is 18.7. The molecule has 8 nitrogen and oxygen atoms in total. The van der Waals surface area contributed by atoms with Crippen LogP contribution in [0.5, 0.6) is 0 Å². The van der Waals surface area contributed by atoms with Gasteiger partial charge < -0.3 is 10.0 Å². The average Bonchev–Trinajstić information content (AvgIpc) is 3.50. The number of aromatic amines is 1. The van der Waals surface area contributed by atoms with Crippen molar-refractivity contribution in [3.63, 3.8) is 0 Å². The van der Waals surface area contributed by atoms with E-state index in [1.807, 2.05) is 31.2 Å². The number of carboxylic acids is 1. The Bertz CT molecular complexity index is 1200. The summed E-state index contributed by atoms with van der Waals surface area (Å²) in [5.41, 5.74) is 4.83. The van der Waals surface area contributed by atoms with Crippen molar-refractivity contribution >= 4 is 22.4 Å². The molecule has 0 saturated heterocycles. The van der Waals surface area contributed by atoms with Crippen LogP contribution in [-0.4, -0.2) is 43.2 Å². The first-order valence-electron chi connectivity index (χ1n) is 11.0. The lowest BCUT2D eigenvalue weighted by molar-refractivity contribution is 0.0700. The number of aromatic nitrogens is 5. The molecule has 0 saturated carbocycles. The summed E-state index contributed by atoms with van der Waals surface area (Å²) in [4.78, 5) is 18.9. The predicted molar refractivity (Wildman–Crippen MR) is 129 cm³/mol. The van der Waals surface area contributed by atoms with Gasteiger partial charge >= 0.3 is 5.97 Å². The second kappa shape index (κ2) is 10.4. The maximum Gasteiger partial charge on any atom is 0.347 e. The molecule has 0 fully saturated rings. The topological polar surface area (TPSA) is 108 Å². The number of carbonyl (C=O) groups is 1. The molecule has 2 aromatic heterocycles. The Morgan fingerprint density at radius 1 is 1.06 bits per heavy atom. The Morgan fingerprint density at radius 2 is 1.82 bits per heavy atom. The zero-order chi connectivity index (χ0) is 23.2. The third kappa shape index (κ3) is 5.09. The van der Waals surface area contributed by atoms with E-state index < -0.39 is 5.97 Å². The number of nitrogens with zero attached hydrogens (tertiary/aromatic N) is 5. The second-order valence-corrected chi connectivity index (χ2v) is 8.70. The Labute approximate surface area is 196 Å². The maximum absolute atomic E-state index is 11.7. The summed E-state index contributed by atoms with van der Waals surface area (Å²) in [6.45, 7) is 5.62.